The molecule has 1 N–H and O–H groups in total. The van der Waals surface area contributed by atoms with Crippen LogP contribution >= 0.6 is 0 Å². The summed E-state index contributed by atoms with van der Waals surface area (Å²) >= 11 is 0. The van der Waals surface area contributed by atoms with Crippen molar-refractivity contribution in [1.82, 2.24) is 0 Å². The minimum atomic E-state index is -0.265. The summed E-state index contributed by atoms with van der Waals surface area (Å²) in [6, 6.07) is 16.4. The third-order valence-corrected chi connectivity index (χ3v) is 5.10. The standard InChI is InChI=1S/C22H20N2O3/c25-20(13-15-7-2-1-3-8-15)23-16-9-6-10-17(14-16)24-21(26)18-11-4-5-12-19(18)22(24)27/h1-10,14,18-19H,11-13H2,(H,23,25). The van der Waals surface area contributed by atoms with E-state index in [0.29, 0.717) is 24.2 Å². The molecule has 1 aliphatic carbocycles. The van der Waals surface area contributed by atoms with Gasteiger partial charge in [-0.1, -0.05) is 48.6 Å². The lowest BCUT2D eigenvalue weighted by Crippen LogP contribution is -2.31. The molecule has 1 aliphatic heterocycles. The van der Waals surface area contributed by atoms with Gasteiger partial charge in [-0.15, -0.1) is 0 Å². The van der Waals surface area contributed by atoms with E-state index in [0.717, 1.165) is 5.56 Å². The molecule has 2 aromatic carbocycles. The number of amides is 3. The van der Waals surface area contributed by atoms with Crippen LogP contribution in [0.2, 0.25) is 0 Å². The second kappa shape index (κ2) is 7.19. The van der Waals surface area contributed by atoms with Crippen molar-refractivity contribution in [2.75, 3.05) is 10.2 Å². The Balaban J connectivity index is 1.50. The van der Waals surface area contributed by atoms with Gasteiger partial charge in [0.2, 0.25) is 17.7 Å². The lowest BCUT2D eigenvalue weighted by Gasteiger charge is -2.16. The van der Waals surface area contributed by atoms with E-state index in [9.17, 15) is 14.4 Å². The molecule has 0 bridgehead atoms. The predicted molar refractivity (Wildman–Crippen MR) is 103 cm³/mol. The molecular weight excluding hydrogens is 340 g/mol. The average molecular weight is 360 g/mol. The molecule has 4 rings (SSSR count). The van der Waals surface area contributed by atoms with Crippen LogP contribution in [0, 0.1) is 11.8 Å². The zero-order chi connectivity index (χ0) is 18.8. The van der Waals surface area contributed by atoms with Gasteiger partial charge in [-0.25, -0.2) is 4.90 Å². The first kappa shape index (κ1) is 17.2. The van der Waals surface area contributed by atoms with Gasteiger partial charge in [0.05, 0.1) is 23.9 Å². The van der Waals surface area contributed by atoms with Gasteiger partial charge in [0.25, 0.3) is 0 Å². The molecule has 1 fully saturated rings. The van der Waals surface area contributed by atoms with Crippen LogP contribution in [0.3, 0.4) is 0 Å². The predicted octanol–water partition coefficient (Wildman–Crippen LogP) is 3.32. The summed E-state index contributed by atoms with van der Waals surface area (Å²) in [6.07, 6.45) is 5.42. The first-order valence-electron chi connectivity index (χ1n) is 9.10. The van der Waals surface area contributed by atoms with Crippen LogP contribution in [0.25, 0.3) is 0 Å². The third kappa shape index (κ3) is 3.40. The second-order valence-corrected chi connectivity index (χ2v) is 6.93. The minimum Gasteiger partial charge on any atom is -0.326 e. The van der Waals surface area contributed by atoms with Gasteiger partial charge in [-0.3, -0.25) is 14.4 Å². The van der Waals surface area contributed by atoms with Crippen molar-refractivity contribution in [3.63, 3.8) is 0 Å². The van der Waals surface area contributed by atoms with Gasteiger partial charge >= 0.3 is 0 Å². The highest BCUT2D eigenvalue weighted by Gasteiger charge is 2.47. The highest BCUT2D eigenvalue weighted by molar-refractivity contribution is 6.22. The maximum absolute atomic E-state index is 12.7. The number of imide groups is 1. The summed E-state index contributed by atoms with van der Waals surface area (Å²) in [5.41, 5.74) is 2.01. The number of fused-ring (bicyclic) bond motifs is 1. The summed E-state index contributed by atoms with van der Waals surface area (Å²) in [5.74, 6) is -0.975. The number of carbonyl (C=O) groups excluding carboxylic acids is 3. The number of hydrogen-bond donors (Lipinski definition) is 1. The summed E-state index contributed by atoms with van der Waals surface area (Å²) in [6.45, 7) is 0. The maximum Gasteiger partial charge on any atom is 0.238 e. The van der Waals surface area contributed by atoms with Crippen molar-refractivity contribution in [2.24, 2.45) is 11.8 Å². The van der Waals surface area contributed by atoms with Crippen molar-refractivity contribution in [3.8, 4) is 0 Å². The van der Waals surface area contributed by atoms with Crippen molar-refractivity contribution in [1.29, 1.82) is 0 Å². The molecule has 0 radical (unpaired) electrons. The third-order valence-electron chi connectivity index (χ3n) is 5.10. The van der Waals surface area contributed by atoms with Gasteiger partial charge in [-0.2, -0.15) is 0 Å². The summed E-state index contributed by atoms with van der Waals surface area (Å²) in [5, 5.41) is 2.85. The molecule has 2 unspecified atom stereocenters. The van der Waals surface area contributed by atoms with Crippen molar-refractivity contribution >= 4 is 29.1 Å². The van der Waals surface area contributed by atoms with Gasteiger partial charge in [0, 0.05) is 5.69 Å². The van der Waals surface area contributed by atoms with Gasteiger partial charge < -0.3 is 5.32 Å². The molecule has 27 heavy (non-hydrogen) atoms. The van der Waals surface area contributed by atoms with Crippen LogP contribution in [0.5, 0.6) is 0 Å². The number of benzene rings is 2. The minimum absolute atomic E-state index is 0.143. The number of hydrogen-bond acceptors (Lipinski definition) is 3. The van der Waals surface area contributed by atoms with Gasteiger partial charge in [0.1, 0.15) is 0 Å². The molecule has 5 heteroatoms. The van der Waals surface area contributed by atoms with Crippen molar-refractivity contribution in [2.45, 2.75) is 19.3 Å². The number of anilines is 2. The highest BCUT2D eigenvalue weighted by atomic mass is 16.2. The fraction of sp³-hybridized carbons (Fsp3) is 0.227. The number of rotatable bonds is 4. The lowest BCUT2D eigenvalue weighted by molar-refractivity contribution is -0.122. The zero-order valence-electron chi connectivity index (χ0n) is 14.8. The Morgan fingerprint density at radius 3 is 2.26 bits per heavy atom. The first-order chi connectivity index (χ1) is 13.1. The fourth-order valence-corrected chi connectivity index (χ4v) is 3.76. The zero-order valence-corrected chi connectivity index (χ0v) is 14.8. The molecule has 0 aromatic heterocycles. The lowest BCUT2D eigenvalue weighted by atomic mass is 9.85. The Kier molecular flexibility index (Phi) is 4.59. The Bertz CT molecular complexity index is 894. The second-order valence-electron chi connectivity index (χ2n) is 6.93. The van der Waals surface area contributed by atoms with E-state index in [2.05, 4.69) is 5.32 Å². The van der Waals surface area contributed by atoms with E-state index in [4.69, 9.17) is 0 Å². The Morgan fingerprint density at radius 2 is 1.59 bits per heavy atom. The number of nitrogens with zero attached hydrogens (tertiary/aromatic N) is 1. The number of allylic oxidation sites excluding steroid dienone is 2. The van der Waals surface area contributed by atoms with E-state index < -0.39 is 0 Å². The van der Waals surface area contributed by atoms with E-state index in [1.807, 2.05) is 42.5 Å². The van der Waals surface area contributed by atoms with Gasteiger partial charge in [-0.05, 0) is 36.6 Å². The SMILES string of the molecule is O=C(Cc1ccccc1)Nc1cccc(N2C(=O)C3CC=CCC3C2=O)c1. The van der Waals surface area contributed by atoms with Crippen LogP contribution in [0.4, 0.5) is 11.4 Å². The summed E-state index contributed by atoms with van der Waals surface area (Å²) in [7, 11) is 0. The van der Waals surface area contributed by atoms with Crippen LogP contribution in [0.15, 0.2) is 66.7 Å². The summed E-state index contributed by atoms with van der Waals surface area (Å²) in [4.78, 5) is 39.0. The average Bonchev–Trinajstić information content (AvgIpc) is 2.94. The molecule has 1 saturated heterocycles. The number of nitrogens with one attached hydrogen (secondary N) is 1. The van der Waals surface area contributed by atoms with Crippen LogP contribution < -0.4 is 10.2 Å². The van der Waals surface area contributed by atoms with Crippen molar-refractivity contribution < 1.29 is 14.4 Å². The van der Waals surface area contributed by atoms with Crippen LogP contribution in [0.1, 0.15) is 18.4 Å². The Labute approximate surface area is 157 Å². The molecule has 0 saturated carbocycles. The van der Waals surface area contributed by atoms with Crippen LogP contribution in [-0.4, -0.2) is 17.7 Å². The maximum atomic E-state index is 12.7. The molecule has 2 aliphatic rings. The molecular formula is C22H20N2O3. The van der Waals surface area contributed by atoms with E-state index in [-0.39, 0.29) is 36.0 Å². The molecule has 3 amide bonds. The van der Waals surface area contributed by atoms with Crippen LogP contribution in [-0.2, 0) is 20.8 Å². The largest absolute Gasteiger partial charge is 0.326 e. The van der Waals surface area contributed by atoms with Gasteiger partial charge in [0.15, 0.2) is 0 Å². The highest BCUT2D eigenvalue weighted by Crippen LogP contribution is 2.38. The van der Waals surface area contributed by atoms with E-state index in [1.54, 1.807) is 24.3 Å². The number of carbonyl (C=O) groups is 3. The molecule has 5 nitrogen and oxygen atoms in total. The quantitative estimate of drug-likeness (QED) is 0.672. The molecule has 2 aromatic rings. The normalized spacial score (nSPS) is 21.3. The topological polar surface area (TPSA) is 66.5 Å². The molecule has 2 atom stereocenters. The van der Waals surface area contributed by atoms with E-state index >= 15 is 0 Å². The Hall–Kier alpha value is -3.21. The Morgan fingerprint density at radius 1 is 0.926 bits per heavy atom. The summed E-state index contributed by atoms with van der Waals surface area (Å²) < 4.78 is 0. The van der Waals surface area contributed by atoms with Crippen molar-refractivity contribution in [3.05, 3.63) is 72.3 Å². The fourth-order valence-electron chi connectivity index (χ4n) is 3.76. The monoisotopic (exact) mass is 360 g/mol. The van der Waals surface area contributed by atoms with E-state index in [1.165, 1.54) is 4.90 Å². The molecule has 136 valence electrons. The smallest absolute Gasteiger partial charge is 0.238 e. The molecule has 1 heterocycles. The first-order valence-corrected chi connectivity index (χ1v) is 9.10. The molecule has 0 spiro atoms.